The van der Waals surface area contributed by atoms with Gasteiger partial charge in [-0.1, -0.05) is 12.1 Å². The van der Waals surface area contributed by atoms with E-state index in [0.29, 0.717) is 39.1 Å². The number of carbonyl (C=O) groups is 1. The van der Waals surface area contributed by atoms with E-state index < -0.39 is 15.4 Å². The number of sulfonamides is 1. The van der Waals surface area contributed by atoms with Gasteiger partial charge in [0.1, 0.15) is 0 Å². The van der Waals surface area contributed by atoms with E-state index in [1.807, 2.05) is 0 Å². The van der Waals surface area contributed by atoms with Crippen LogP contribution >= 0.6 is 12.4 Å². The van der Waals surface area contributed by atoms with Gasteiger partial charge in [0, 0.05) is 19.7 Å². The van der Waals surface area contributed by atoms with Crippen molar-refractivity contribution in [3.05, 3.63) is 29.8 Å². The lowest BCUT2D eigenvalue weighted by Crippen LogP contribution is -2.41. The highest BCUT2D eigenvalue weighted by atomic mass is 35.5. The number of methoxy groups -OCH3 is 1. The molecule has 9 heteroatoms. The summed E-state index contributed by atoms with van der Waals surface area (Å²) in [6.45, 7) is 2.12. The van der Waals surface area contributed by atoms with Gasteiger partial charge in [-0.25, -0.2) is 8.42 Å². The monoisotopic (exact) mass is 432 g/mol. The fourth-order valence-corrected chi connectivity index (χ4v) is 5.07. The van der Waals surface area contributed by atoms with Crippen LogP contribution in [0.2, 0.25) is 0 Å². The van der Waals surface area contributed by atoms with E-state index >= 15 is 0 Å². The van der Waals surface area contributed by atoms with Gasteiger partial charge in [-0.3, -0.25) is 4.79 Å². The highest BCUT2D eigenvalue weighted by Gasteiger charge is 2.52. The predicted molar refractivity (Wildman–Crippen MR) is 108 cm³/mol. The molecule has 158 valence electrons. The van der Waals surface area contributed by atoms with Gasteiger partial charge in [0.15, 0.2) is 0 Å². The lowest BCUT2D eigenvalue weighted by atomic mass is 9.96. The first kappa shape index (κ1) is 23.1. The number of nitrogens with two attached hydrogens (primary N) is 1. The summed E-state index contributed by atoms with van der Waals surface area (Å²) in [6.07, 6.45) is 3.77. The third kappa shape index (κ3) is 4.68. The third-order valence-electron chi connectivity index (χ3n) is 5.47. The van der Waals surface area contributed by atoms with Gasteiger partial charge in [0.25, 0.3) is 0 Å². The Labute approximate surface area is 173 Å². The number of nitrogens with zero attached hydrogens (tertiary/aromatic N) is 1. The molecule has 28 heavy (non-hydrogen) atoms. The summed E-state index contributed by atoms with van der Waals surface area (Å²) in [5.74, 6) is -0.255. The van der Waals surface area contributed by atoms with Gasteiger partial charge in [-0.2, -0.15) is 4.31 Å². The number of ether oxygens (including phenoxy) is 2. The summed E-state index contributed by atoms with van der Waals surface area (Å²) in [5.41, 5.74) is 5.69. The zero-order valence-electron chi connectivity index (χ0n) is 16.1. The lowest BCUT2D eigenvalue weighted by molar-refractivity contribution is -0.143. The van der Waals surface area contributed by atoms with Crippen molar-refractivity contribution in [2.45, 2.75) is 48.5 Å². The van der Waals surface area contributed by atoms with Crippen molar-refractivity contribution in [1.29, 1.82) is 0 Å². The minimum Gasteiger partial charge on any atom is -0.468 e. The molecule has 1 heterocycles. The van der Waals surface area contributed by atoms with E-state index in [-0.39, 0.29) is 29.4 Å². The molecule has 1 aromatic carbocycles. The summed E-state index contributed by atoms with van der Waals surface area (Å²) in [7, 11) is -2.16. The van der Waals surface area contributed by atoms with Gasteiger partial charge in [0.2, 0.25) is 10.0 Å². The Bertz CT molecular complexity index is 757. The number of piperidine rings is 1. The molecule has 1 saturated heterocycles. The molecular formula is C19H29ClN2O5S. The van der Waals surface area contributed by atoms with E-state index in [2.05, 4.69) is 0 Å². The first-order chi connectivity index (χ1) is 12.9. The second-order valence-corrected chi connectivity index (χ2v) is 9.15. The fraction of sp³-hybridized carbons (Fsp3) is 0.632. The van der Waals surface area contributed by atoms with Crippen LogP contribution in [0, 0.1) is 0 Å². The first-order valence-electron chi connectivity index (χ1n) is 9.45. The summed E-state index contributed by atoms with van der Waals surface area (Å²) in [4.78, 5) is 12.2. The second kappa shape index (κ2) is 9.54. The average molecular weight is 433 g/mol. The quantitative estimate of drug-likeness (QED) is 0.497. The van der Waals surface area contributed by atoms with Crippen LogP contribution in [0.1, 0.15) is 37.7 Å². The Morgan fingerprint density at radius 3 is 2.32 bits per heavy atom. The minimum absolute atomic E-state index is 0. The van der Waals surface area contributed by atoms with Crippen LogP contribution < -0.4 is 5.73 Å². The summed E-state index contributed by atoms with van der Waals surface area (Å²) in [6, 6.07) is 6.66. The summed E-state index contributed by atoms with van der Waals surface area (Å²) < 4.78 is 37.9. The van der Waals surface area contributed by atoms with Crippen molar-refractivity contribution in [2.24, 2.45) is 5.73 Å². The maximum atomic E-state index is 12.9. The first-order valence-corrected chi connectivity index (χ1v) is 10.9. The Balaban J connectivity index is 0.00000280. The Morgan fingerprint density at radius 1 is 1.21 bits per heavy atom. The van der Waals surface area contributed by atoms with Gasteiger partial charge >= 0.3 is 5.97 Å². The zero-order chi connectivity index (χ0) is 19.5. The molecular weight excluding hydrogens is 404 g/mol. The zero-order valence-corrected chi connectivity index (χ0v) is 17.8. The van der Waals surface area contributed by atoms with Gasteiger partial charge in [0.05, 0.1) is 23.5 Å². The molecule has 1 saturated carbocycles. The van der Waals surface area contributed by atoms with E-state index in [1.165, 1.54) is 11.4 Å². The Hall–Kier alpha value is -1.19. The van der Waals surface area contributed by atoms with Gasteiger partial charge in [-0.05, 0) is 56.3 Å². The van der Waals surface area contributed by atoms with Crippen molar-refractivity contribution in [1.82, 2.24) is 4.31 Å². The number of esters is 1. The number of carbonyl (C=O) groups excluding carboxylic acids is 1. The van der Waals surface area contributed by atoms with Gasteiger partial charge < -0.3 is 15.2 Å². The van der Waals surface area contributed by atoms with Crippen molar-refractivity contribution >= 4 is 28.4 Å². The number of hydrogen-bond acceptors (Lipinski definition) is 6. The summed E-state index contributed by atoms with van der Waals surface area (Å²) in [5, 5.41) is 0. The van der Waals surface area contributed by atoms with E-state index in [0.717, 1.165) is 24.8 Å². The van der Waals surface area contributed by atoms with Crippen LogP contribution in [-0.4, -0.2) is 58.1 Å². The maximum absolute atomic E-state index is 12.9. The van der Waals surface area contributed by atoms with Crippen LogP contribution in [0.5, 0.6) is 0 Å². The van der Waals surface area contributed by atoms with Crippen LogP contribution in [0.3, 0.4) is 0 Å². The topological polar surface area (TPSA) is 98.9 Å². The van der Waals surface area contributed by atoms with E-state index in [9.17, 15) is 13.2 Å². The second-order valence-electron chi connectivity index (χ2n) is 7.21. The molecule has 2 N–H and O–H groups in total. The Morgan fingerprint density at radius 2 is 1.82 bits per heavy atom. The largest absolute Gasteiger partial charge is 0.468 e. The molecule has 0 amide bonds. The number of benzene rings is 1. The number of halogens is 1. The summed E-state index contributed by atoms with van der Waals surface area (Å²) >= 11 is 0. The van der Waals surface area contributed by atoms with Crippen molar-refractivity contribution < 1.29 is 22.7 Å². The predicted octanol–water partition coefficient (Wildman–Crippen LogP) is 1.83. The van der Waals surface area contributed by atoms with Crippen LogP contribution in [0.15, 0.2) is 29.2 Å². The van der Waals surface area contributed by atoms with Crippen molar-refractivity contribution in [2.75, 3.05) is 33.4 Å². The number of rotatable bonds is 8. The molecule has 1 aromatic rings. The van der Waals surface area contributed by atoms with Crippen LogP contribution in [0.4, 0.5) is 0 Å². The molecule has 3 rings (SSSR count). The molecule has 2 aliphatic rings. The van der Waals surface area contributed by atoms with Gasteiger partial charge in [-0.15, -0.1) is 12.4 Å². The third-order valence-corrected chi connectivity index (χ3v) is 7.39. The smallest absolute Gasteiger partial charge is 0.316 e. The molecule has 0 spiro atoms. The molecule has 0 radical (unpaired) electrons. The van der Waals surface area contributed by atoms with Crippen molar-refractivity contribution in [3.8, 4) is 0 Å². The lowest BCUT2D eigenvalue weighted by Gasteiger charge is -2.31. The molecule has 2 fully saturated rings. The molecule has 0 atom stereocenters. The highest BCUT2D eigenvalue weighted by molar-refractivity contribution is 7.89. The van der Waals surface area contributed by atoms with E-state index in [4.69, 9.17) is 15.2 Å². The standard InChI is InChI=1S/C19H28N2O5S.ClH/c1-25-18(22)19(9-10-19)15-3-5-17(6-4-15)27(23,24)21-12-7-16(8-13-21)26-14-2-11-20;/h3-6,16H,2,7-14,20H2,1H3;1H. The average Bonchev–Trinajstić information content (AvgIpc) is 3.50. The molecule has 7 nitrogen and oxygen atoms in total. The van der Waals surface area contributed by atoms with E-state index in [1.54, 1.807) is 24.3 Å². The molecule has 1 aliphatic carbocycles. The molecule has 0 aromatic heterocycles. The van der Waals surface area contributed by atoms with Crippen molar-refractivity contribution in [3.63, 3.8) is 0 Å². The SMILES string of the molecule is COC(=O)C1(c2ccc(S(=O)(=O)N3CCC(OCCCN)CC3)cc2)CC1.Cl. The maximum Gasteiger partial charge on any atom is 0.316 e. The highest BCUT2D eigenvalue weighted by Crippen LogP contribution is 2.49. The number of hydrogen-bond donors (Lipinski definition) is 1. The molecule has 1 aliphatic heterocycles. The van der Waals surface area contributed by atoms with Crippen LogP contribution in [0.25, 0.3) is 0 Å². The molecule has 0 unspecified atom stereocenters. The van der Waals surface area contributed by atoms with Crippen LogP contribution in [-0.2, 0) is 29.7 Å². The molecule has 0 bridgehead atoms. The Kier molecular flexibility index (Phi) is 7.87. The normalized spacial score (nSPS) is 19.6. The minimum atomic E-state index is -3.54. The fourth-order valence-electron chi connectivity index (χ4n) is 3.60.